The van der Waals surface area contributed by atoms with E-state index in [4.69, 9.17) is 9.15 Å². The topological polar surface area (TPSA) is 68.9 Å². The molecule has 0 saturated carbocycles. The Morgan fingerprint density at radius 2 is 2.12 bits per heavy atom. The molecule has 0 saturated heterocycles. The monoisotopic (exact) mass is 242 g/mol. The third-order valence-corrected chi connectivity index (χ3v) is 2.59. The summed E-state index contributed by atoms with van der Waals surface area (Å²) in [6, 6.07) is 3.07. The van der Waals surface area contributed by atoms with Gasteiger partial charge >= 0.3 is 5.97 Å². The van der Waals surface area contributed by atoms with Crippen molar-refractivity contribution in [2.75, 3.05) is 14.2 Å². The van der Waals surface area contributed by atoms with Gasteiger partial charge in [-0.25, -0.2) is 4.79 Å². The molecule has 1 rings (SSSR count). The molecular formula is C12H18O5. The third kappa shape index (κ3) is 3.87. The van der Waals surface area contributed by atoms with Crippen LogP contribution in [0.1, 0.15) is 42.2 Å². The zero-order chi connectivity index (χ0) is 12.8. The van der Waals surface area contributed by atoms with Crippen molar-refractivity contribution in [2.45, 2.75) is 32.0 Å². The molecule has 1 N–H and O–H groups in total. The Morgan fingerprint density at radius 3 is 2.71 bits per heavy atom. The fourth-order valence-corrected chi connectivity index (χ4v) is 1.39. The average Bonchev–Trinajstić information content (AvgIpc) is 2.83. The van der Waals surface area contributed by atoms with Crippen LogP contribution in [-0.2, 0) is 9.47 Å². The van der Waals surface area contributed by atoms with Crippen LogP contribution in [0.25, 0.3) is 0 Å². The van der Waals surface area contributed by atoms with Gasteiger partial charge in [-0.15, -0.1) is 0 Å². The smallest absolute Gasteiger partial charge is 0.373 e. The van der Waals surface area contributed by atoms with Crippen LogP contribution >= 0.6 is 0 Å². The normalized spacial score (nSPS) is 14.4. The molecule has 0 aliphatic carbocycles. The second kappa shape index (κ2) is 6.42. The molecule has 0 bridgehead atoms. The van der Waals surface area contributed by atoms with Gasteiger partial charge in [0.1, 0.15) is 11.9 Å². The van der Waals surface area contributed by atoms with Gasteiger partial charge in [0.05, 0.1) is 13.2 Å². The van der Waals surface area contributed by atoms with Crippen LogP contribution in [0.2, 0.25) is 0 Å². The molecule has 5 nitrogen and oxygen atoms in total. The first kappa shape index (κ1) is 13.7. The number of ether oxygens (including phenoxy) is 2. The van der Waals surface area contributed by atoms with Gasteiger partial charge in [0.15, 0.2) is 0 Å². The van der Waals surface area contributed by atoms with Gasteiger partial charge in [-0.1, -0.05) is 0 Å². The molecule has 0 radical (unpaired) electrons. The second-order valence-corrected chi connectivity index (χ2v) is 3.83. The molecule has 5 heteroatoms. The lowest BCUT2D eigenvalue weighted by Gasteiger charge is -2.11. The first-order valence-electron chi connectivity index (χ1n) is 5.47. The van der Waals surface area contributed by atoms with Crippen LogP contribution in [0, 0.1) is 0 Å². The molecule has 1 aromatic heterocycles. The fraction of sp³-hybridized carbons (Fsp3) is 0.583. The summed E-state index contributed by atoms with van der Waals surface area (Å²) >= 11 is 0. The summed E-state index contributed by atoms with van der Waals surface area (Å²) in [5.41, 5.74) is 0. The van der Waals surface area contributed by atoms with Crippen LogP contribution < -0.4 is 0 Å². The van der Waals surface area contributed by atoms with Gasteiger partial charge < -0.3 is 19.0 Å². The van der Waals surface area contributed by atoms with E-state index >= 15 is 0 Å². The summed E-state index contributed by atoms with van der Waals surface area (Å²) in [6.45, 7) is 1.93. The molecule has 0 aromatic carbocycles. The number of aliphatic hydroxyl groups is 1. The van der Waals surface area contributed by atoms with Crippen molar-refractivity contribution in [3.05, 3.63) is 23.7 Å². The maximum Gasteiger partial charge on any atom is 0.373 e. The highest BCUT2D eigenvalue weighted by Crippen LogP contribution is 2.22. The van der Waals surface area contributed by atoms with Crippen molar-refractivity contribution in [1.29, 1.82) is 0 Å². The number of carbonyl (C=O) groups is 1. The predicted octanol–water partition coefficient (Wildman–Crippen LogP) is 1.91. The largest absolute Gasteiger partial charge is 0.463 e. The van der Waals surface area contributed by atoms with Gasteiger partial charge in [0, 0.05) is 7.11 Å². The highest BCUT2D eigenvalue weighted by Gasteiger charge is 2.17. The summed E-state index contributed by atoms with van der Waals surface area (Å²) in [6.07, 6.45) is 0.584. The van der Waals surface area contributed by atoms with Crippen LogP contribution in [0.15, 0.2) is 16.5 Å². The zero-order valence-electron chi connectivity index (χ0n) is 10.3. The van der Waals surface area contributed by atoms with Crippen molar-refractivity contribution in [3.8, 4) is 0 Å². The van der Waals surface area contributed by atoms with E-state index < -0.39 is 12.1 Å². The summed E-state index contributed by atoms with van der Waals surface area (Å²) in [4.78, 5) is 11.1. The van der Waals surface area contributed by atoms with E-state index in [-0.39, 0.29) is 11.9 Å². The Labute approximate surface area is 100 Å². The summed E-state index contributed by atoms with van der Waals surface area (Å²) in [7, 11) is 2.90. The molecule has 17 heavy (non-hydrogen) atoms. The standard InChI is InChI=1S/C12H18O5/c1-8(15-2)4-5-9(13)10-6-7-11(17-10)12(14)16-3/h6-9,13H,4-5H2,1-3H3. The lowest BCUT2D eigenvalue weighted by Crippen LogP contribution is -2.07. The van der Waals surface area contributed by atoms with Crippen molar-refractivity contribution in [3.63, 3.8) is 0 Å². The molecule has 96 valence electrons. The maximum atomic E-state index is 11.1. The molecule has 1 heterocycles. The number of rotatable bonds is 6. The number of methoxy groups -OCH3 is 2. The minimum Gasteiger partial charge on any atom is -0.463 e. The van der Waals surface area contributed by atoms with E-state index in [1.165, 1.54) is 13.2 Å². The number of aliphatic hydroxyl groups excluding tert-OH is 1. The first-order chi connectivity index (χ1) is 8.08. The van der Waals surface area contributed by atoms with Crippen LogP contribution in [0.5, 0.6) is 0 Å². The van der Waals surface area contributed by atoms with Gasteiger partial charge in [0.2, 0.25) is 5.76 Å². The van der Waals surface area contributed by atoms with E-state index in [0.29, 0.717) is 18.6 Å². The molecule has 0 aliphatic heterocycles. The van der Waals surface area contributed by atoms with Gasteiger partial charge in [-0.2, -0.15) is 0 Å². The lowest BCUT2D eigenvalue weighted by molar-refractivity contribution is 0.0544. The molecule has 2 atom stereocenters. The minimum atomic E-state index is -0.731. The molecule has 0 amide bonds. The number of hydrogen-bond acceptors (Lipinski definition) is 5. The molecule has 2 unspecified atom stereocenters. The molecule has 0 aliphatic rings. The average molecular weight is 242 g/mol. The Bertz CT molecular complexity index is 358. The lowest BCUT2D eigenvalue weighted by atomic mass is 10.1. The van der Waals surface area contributed by atoms with Crippen molar-refractivity contribution < 1.29 is 23.8 Å². The van der Waals surface area contributed by atoms with E-state index in [9.17, 15) is 9.90 Å². The quantitative estimate of drug-likeness (QED) is 0.772. The third-order valence-electron chi connectivity index (χ3n) is 2.59. The van der Waals surface area contributed by atoms with Crippen molar-refractivity contribution >= 4 is 5.97 Å². The van der Waals surface area contributed by atoms with Gasteiger partial charge in [0.25, 0.3) is 0 Å². The minimum absolute atomic E-state index is 0.0830. The van der Waals surface area contributed by atoms with Gasteiger partial charge in [-0.05, 0) is 31.9 Å². The van der Waals surface area contributed by atoms with E-state index in [0.717, 1.165) is 0 Å². The van der Waals surface area contributed by atoms with Crippen LogP contribution in [0.4, 0.5) is 0 Å². The maximum absolute atomic E-state index is 11.1. The van der Waals surface area contributed by atoms with Gasteiger partial charge in [-0.3, -0.25) is 0 Å². The number of furan rings is 1. The highest BCUT2D eigenvalue weighted by atomic mass is 16.5. The number of esters is 1. The van der Waals surface area contributed by atoms with Crippen LogP contribution in [0.3, 0.4) is 0 Å². The van der Waals surface area contributed by atoms with Crippen molar-refractivity contribution in [2.24, 2.45) is 0 Å². The fourth-order valence-electron chi connectivity index (χ4n) is 1.39. The highest BCUT2D eigenvalue weighted by molar-refractivity contribution is 5.86. The molecule has 0 spiro atoms. The van der Waals surface area contributed by atoms with E-state index in [2.05, 4.69) is 4.74 Å². The van der Waals surface area contributed by atoms with E-state index in [1.807, 2.05) is 6.92 Å². The molecule has 0 fully saturated rings. The molecule has 1 aromatic rings. The van der Waals surface area contributed by atoms with Crippen LogP contribution in [-0.4, -0.2) is 31.4 Å². The van der Waals surface area contributed by atoms with E-state index in [1.54, 1.807) is 13.2 Å². The first-order valence-corrected chi connectivity index (χ1v) is 5.47. The predicted molar refractivity (Wildman–Crippen MR) is 60.7 cm³/mol. The Hall–Kier alpha value is -1.33. The summed E-state index contributed by atoms with van der Waals surface area (Å²) in [5, 5.41) is 9.83. The summed E-state index contributed by atoms with van der Waals surface area (Å²) < 4.78 is 14.8. The zero-order valence-corrected chi connectivity index (χ0v) is 10.3. The second-order valence-electron chi connectivity index (χ2n) is 3.83. The van der Waals surface area contributed by atoms with Crippen molar-refractivity contribution in [1.82, 2.24) is 0 Å². The number of hydrogen-bond donors (Lipinski definition) is 1. The Balaban J connectivity index is 2.54. The summed E-state index contributed by atoms with van der Waals surface area (Å²) in [5.74, 6) is -0.0799. The Kier molecular flexibility index (Phi) is 5.18. The SMILES string of the molecule is COC(=O)c1ccc(C(O)CCC(C)OC)o1. The molecular weight excluding hydrogens is 224 g/mol. The Morgan fingerprint density at radius 1 is 1.41 bits per heavy atom. The number of carbonyl (C=O) groups excluding carboxylic acids is 1.